The van der Waals surface area contributed by atoms with Gasteiger partial charge in [-0.3, -0.25) is 0 Å². The highest BCUT2D eigenvalue weighted by Gasteiger charge is 2.20. The van der Waals surface area contributed by atoms with Gasteiger partial charge in [-0.2, -0.15) is 0 Å². The van der Waals surface area contributed by atoms with Crippen molar-refractivity contribution in [2.75, 3.05) is 6.54 Å². The van der Waals surface area contributed by atoms with Gasteiger partial charge in [-0.1, -0.05) is 43.6 Å². The van der Waals surface area contributed by atoms with Crippen molar-refractivity contribution in [1.82, 2.24) is 10.6 Å². The molecule has 4 nitrogen and oxygen atoms in total. The monoisotopic (exact) mass is 284 g/mol. The number of carbonyl (C=O) groups excluding carboxylic acids is 1. The van der Waals surface area contributed by atoms with Gasteiger partial charge in [0.25, 0.3) is 0 Å². The minimum Gasteiger partial charge on any atom is -0.392 e. The van der Waals surface area contributed by atoms with Gasteiger partial charge in [0.1, 0.15) is 0 Å². The molecule has 0 aliphatic rings. The highest BCUT2D eigenvalue weighted by molar-refractivity contribution is 6.31. The van der Waals surface area contributed by atoms with Crippen molar-refractivity contribution in [2.24, 2.45) is 5.92 Å². The molecule has 106 valence electrons. The molecule has 5 heteroatoms. The maximum absolute atomic E-state index is 11.8. The van der Waals surface area contributed by atoms with E-state index in [0.717, 1.165) is 5.56 Å². The molecule has 0 spiro atoms. The van der Waals surface area contributed by atoms with Crippen LogP contribution in [0.15, 0.2) is 24.3 Å². The fraction of sp³-hybridized carbons (Fsp3) is 0.500. The number of nitrogens with one attached hydrogen (secondary N) is 2. The van der Waals surface area contributed by atoms with Crippen LogP contribution in [0.25, 0.3) is 0 Å². The Morgan fingerprint density at radius 2 is 1.95 bits per heavy atom. The summed E-state index contributed by atoms with van der Waals surface area (Å²) in [6.07, 6.45) is -0.566. The van der Waals surface area contributed by atoms with Crippen LogP contribution in [0.2, 0.25) is 5.02 Å². The minimum atomic E-state index is -0.566. The maximum atomic E-state index is 11.8. The third-order valence-corrected chi connectivity index (χ3v) is 3.10. The van der Waals surface area contributed by atoms with Crippen LogP contribution in [-0.2, 0) is 0 Å². The number of hydrogen-bond acceptors (Lipinski definition) is 2. The second kappa shape index (κ2) is 7.36. The lowest BCUT2D eigenvalue weighted by atomic mass is 9.96. The van der Waals surface area contributed by atoms with Crippen LogP contribution in [0.3, 0.4) is 0 Å². The number of carbonyl (C=O) groups is 1. The summed E-state index contributed by atoms with van der Waals surface area (Å²) in [7, 11) is 0. The van der Waals surface area contributed by atoms with Crippen molar-refractivity contribution >= 4 is 17.6 Å². The molecule has 0 radical (unpaired) electrons. The van der Waals surface area contributed by atoms with Crippen molar-refractivity contribution < 1.29 is 9.90 Å². The molecule has 0 heterocycles. The maximum Gasteiger partial charge on any atom is 0.315 e. The van der Waals surface area contributed by atoms with Gasteiger partial charge in [0, 0.05) is 11.6 Å². The third kappa shape index (κ3) is 5.09. The Morgan fingerprint density at radius 3 is 2.47 bits per heavy atom. The van der Waals surface area contributed by atoms with Crippen LogP contribution in [-0.4, -0.2) is 23.8 Å². The van der Waals surface area contributed by atoms with E-state index in [1.165, 1.54) is 0 Å². The molecule has 2 amide bonds. The fourth-order valence-corrected chi connectivity index (χ4v) is 2.02. The van der Waals surface area contributed by atoms with E-state index in [1.54, 1.807) is 6.92 Å². The summed E-state index contributed by atoms with van der Waals surface area (Å²) in [5.41, 5.74) is 0.895. The van der Waals surface area contributed by atoms with Gasteiger partial charge in [-0.25, -0.2) is 4.79 Å². The molecule has 0 unspecified atom stereocenters. The average molecular weight is 285 g/mol. The van der Waals surface area contributed by atoms with Crippen LogP contribution in [0, 0.1) is 5.92 Å². The molecule has 1 aromatic carbocycles. The first kappa shape index (κ1) is 15.8. The van der Waals surface area contributed by atoms with Crippen molar-refractivity contribution in [2.45, 2.75) is 32.9 Å². The molecule has 0 aromatic heterocycles. The van der Waals surface area contributed by atoms with Crippen LogP contribution in [0.4, 0.5) is 4.79 Å². The van der Waals surface area contributed by atoms with Crippen molar-refractivity contribution in [3.05, 3.63) is 34.9 Å². The average Bonchev–Trinajstić information content (AvgIpc) is 2.34. The van der Waals surface area contributed by atoms with Crippen molar-refractivity contribution in [1.29, 1.82) is 0 Å². The molecular formula is C14H21ClN2O2. The number of benzene rings is 1. The van der Waals surface area contributed by atoms with E-state index in [2.05, 4.69) is 10.6 Å². The lowest BCUT2D eigenvalue weighted by Crippen LogP contribution is -2.42. The van der Waals surface area contributed by atoms with E-state index >= 15 is 0 Å². The zero-order valence-electron chi connectivity index (χ0n) is 11.5. The standard InChI is InChI=1S/C14H21ClN2O2/c1-9(2)13(11-6-4-5-7-12(11)15)17-14(19)16-8-10(3)18/h4-7,9-10,13,18H,8H2,1-3H3,(H2,16,17,19)/t10-,13-/m1/s1. The number of hydrogen-bond donors (Lipinski definition) is 3. The van der Waals surface area contributed by atoms with Crippen molar-refractivity contribution in [3.63, 3.8) is 0 Å². The number of aliphatic hydroxyl groups is 1. The zero-order chi connectivity index (χ0) is 14.4. The summed E-state index contributed by atoms with van der Waals surface area (Å²) in [4.78, 5) is 11.8. The smallest absolute Gasteiger partial charge is 0.315 e. The summed E-state index contributed by atoms with van der Waals surface area (Å²) < 4.78 is 0. The van der Waals surface area contributed by atoms with Gasteiger partial charge in [0.2, 0.25) is 0 Å². The van der Waals surface area contributed by atoms with E-state index in [4.69, 9.17) is 16.7 Å². The Labute approximate surface area is 119 Å². The first-order valence-corrected chi connectivity index (χ1v) is 6.76. The van der Waals surface area contributed by atoms with E-state index in [9.17, 15) is 4.79 Å². The second-order valence-corrected chi connectivity index (χ2v) is 5.35. The number of aliphatic hydroxyl groups excluding tert-OH is 1. The van der Waals surface area contributed by atoms with Crippen molar-refractivity contribution in [3.8, 4) is 0 Å². The first-order valence-electron chi connectivity index (χ1n) is 6.38. The minimum absolute atomic E-state index is 0.164. The second-order valence-electron chi connectivity index (χ2n) is 4.95. The Kier molecular flexibility index (Phi) is 6.12. The molecule has 1 aromatic rings. The van der Waals surface area contributed by atoms with Crippen LogP contribution in [0.1, 0.15) is 32.4 Å². The first-order chi connectivity index (χ1) is 8.91. The van der Waals surface area contributed by atoms with Gasteiger partial charge in [0.05, 0.1) is 12.1 Å². The van der Waals surface area contributed by atoms with Gasteiger partial charge >= 0.3 is 6.03 Å². The molecule has 19 heavy (non-hydrogen) atoms. The fourth-order valence-electron chi connectivity index (χ4n) is 1.76. The summed E-state index contributed by atoms with van der Waals surface area (Å²) in [6.45, 7) is 5.87. The summed E-state index contributed by atoms with van der Waals surface area (Å²) >= 11 is 6.16. The summed E-state index contributed by atoms with van der Waals surface area (Å²) in [5.74, 6) is 0.206. The van der Waals surface area contributed by atoms with E-state index in [-0.39, 0.29) is 24.5 Å². The summed E-state index contributed by atoms with van der Waals surface area (Å²) in [5, 5.41) is 15.3. The van der Waals surface area contributed by atoms with E-state index in [1.807, 2.05) is 38.1 Å². The molecule has 0 aliphatic heterocycles. The zero-order valence-corrected chi connectivity index (χ0v) is 12.2. The quantitative estimate of drug-likeness (QED) is 0.778. The molecule has 0 aliphatic carbocycles. The Bertz CT molecular complexity index is 422. The normalized spacial score (nSPS) is 14.0. The molecular weight excluding hydrogens is 264 g/mol. The SMILES string of the molecule is CC(C)[C@@H](NC(=O)NC[C@@H](C)O)c1ccccc1Cl. The predicted molar refractivity (Wildman–Crippen MR) is 77.2 cm³/mol. The lowest BCUT2D eigenvalue weighted by molar-refractivity contribution is 0.186. The Morgan fingerprint density at radius 1 is 1.32 bits per heavy atom. The third-order valence-electron chi connectivity index (χ3n) is 2.75. The molecule has 0 bridgehead atoms. The van der Waals surface area contributed by atoms with Gasteiger partial charge in [-0.15, -0.1) is 0 Å². The summed E-state index contributed by atoms with van der Waals surface area (Å²) in [6, 6.07) is 6.99. The molecule has 1 rings (SSSR count). The molecule has 0 saturated heterocycles. The lowest BCUT2D eigenvalue weighted by Gasteiger charge is -2.24. The van der Waals surface area contributed by atoms with Gasteiger partial charge in [-0.05, 0) is 24.5 Å². The van der Waals surface area contributed by atoms with Gasteiger partial charge < -0.3 is 15.7 Å². The molecule has 0 fully saturated rings. The van der Waals surface area contributed by atoms with Gasteiger partial charge in [0.15, 0.2) is 0 Å². The largest absolute Gasteiger partial charge is 0.392 e. The number of urea groups is 1. The molecule has 2 atom stereocenters. The highest BCUT2D eigenvalue weighted by atomic mass is 35.5. The Balaban J connectivity index is 2.74. The van der Waals surface area contributed by atoms with Crippen LogP contribution in [0.5, 0.6) is 0 Å². The van der Waals surface area contributed by atoms with Crippen LogP contribution >= 0.6 is 11.6 Å². The van der Waals surface area contributed by atoms with E-state index < -0.39 is 6.10 Å². The number of amides is 2. The predicted octanol–water partition coefficient (Wildman–Crippen LogP) is 2.72. The number of rotatable bonds is 5. The van der Waals surface area contributed by atoms with Crippen LogP contribution < -0.4 is 10.6 Å². The number of halogens is 1. The van der Waals surface area contributed by atoms with E-state index in [0.29, 0.717) is 5.02 Å². The topological polar surface area (TPSA) is 61.4 Å². The molecule has 0 saturated carbocycles. The molecule has 3 N–H and O–H groups in total. The highest BCUT2D eigenvalue weighted by Crippen LogP contribution is 2.27. The Hall–Kier alpha value is -1.26.